The van der Waals surface area contributed by atoms with Gasteiger partial charge in [0.2, 0.25) is 0 Å². The Balaban J connectivity index is 1.59. The molecule has 4 rings (SSSR count). The lowest BCUT2D eigenvalue weighted by molar-refractivity contribution is -0.189. The molecule has 4 aliphatic carbocycles. The molecule has 3 saturated carbocycles. The van der Waals surface area contributed by atoms with Crippen LogP contribution >= 0.6 is 0 Å². The summed E-state index contributed by atoms with van der Waals surface area (Å²) >= 11 is 0. The van der Waals surface area contributed by atoms with Gasteiger partial charge in [-0.1, -0.05) is 39.2 Å². The number of unbranched alkanes of at least 4 members (excludes halogenated alkanes) is 2. The van der Waals surface area contributed by atoms with Crippen molar-refractivity contribution in [3.8, 4) is 0 Å². The van der Waals surface area contributed by atoms with Crippen LogP contribution in [-0.2, 0) is 19.1 Å². The van der Waals surface area contributed by atoms with E-state index in [2.05, 4.69) is 20.8 Å². The van der Waals surface area contributed by atoms with Crippen LogP contribution in [0.4, 0.5) is 0 Å². The summed E-state index contributed by atoms with van der Waals surface area (Å²) in [5.74, 6) is 1.66. The van der Waals surface area contributed by atoms with Crippen LogP contribution in [0.1, 0.15) is 105 Å². The Morgan fingerprint density at radius 1 is 1.03 bits per heavy atom. The lowest BCUT2D eigenvalue weighted by Crippen LogP contribution is -2.58. The Morgan fingerprint density at radius 3 is 2.48 bits per heavy atom. The molecule has 0 amide bonds. The topological polar surface area (TPSA) is 60.4 Å². The van der Waals surface area contributed by atoms with Gasteiger partial charge >= 0.3 is 5.97 Å². The summed E-state index contributed by atoms with van der Waals surface area (Å²) in [6.45, 7) is 8.37. The zero-order chi connectivity index (χ0) is 22.4. The van der Waals surface area contributed by atoms with Crippen molar-refractivity contribution in [2.45, 2.75) is 110 Å². The Kier molecular flexibility index (Phi) is 5.98. The number of ketones is 2. The number of rotatable bonds is 6. The molecule has 0 aromatic heterocycles. The SMILES string of the molecule is CCCCCC(=O)O[C@]1(C(C)=O)CC[C@@H]2[C@H]3CCC4=CC(=O)CC[C@]4(C)[C@@H]3CC[C@@]21C. The Bertz CT molecular complexity index is 797. The molecule has 0 heterocycles. The first-order chi connectivity index (χ1) is 14.7. The third-order valence-electron chi connectivity index (χ3n) is 9.92. The number of ether oxygens (including phenoxy) is 1. The van der Waals surface area contributed by atoms with Crippen molar-refractivity contribution in [1.29, 1.82) is 0 Å². The van der Waals surface area contributed by atoms with E-state index in [1.807, 2.05) is 6.08 Å². The molecule has 0 aromatic carbocycles. The van der Waals surface area contributed by atoms with Gasteiger partial charge in [0, 0.05) is 18.3 Å². The van der Waals surface area contributed by atoms with E-state index in [-0.39, 0.29) is 28.4 Å². The van der Waals surface area contributed by atoms with Gasteiger partial charge in [0.25, 0.3) is 0 Å². The summed E-state index contributed by atoms with van der Waals surface area (Å²) in [5.41, 5.74) is 0.261. The first-order valence-corrected chi connectivity index (χ1v) is 12.6. The van der Waals surface area contributed by atoms with E-state index < -0.39 is 5.60 Å². The molecule has 31 heavy (non-hydrogen) atoms. The van der Waals surface area contributed by atoms with E-state index in [1.54, 1.807) is 6.92 Å². The lowest BCUT2D eigenvalue weighted by atomic mass is 9.46. The molecule has 3 fully saturated rings. The van der Waals surface area contributed by atoms with Crippen LogP contribution in [0, 0.1) is 28.6 Å². The van der Waals surface area contributed by atoms with Crippen molar-refractivity contribution >= 4 is 17.5 Å². The van der Waals surface area contributed by atoms with E-state index >= 15 is 0 Å². The van der Waals surface area contributed by atoms with Crippen LogP contribution < -0.4 is 0 Å². The molecule has 172 valence electrons. The van der Waals surface area contributed by atoms with Gasteiger partial charge < -0.3 is 4.74 Å². The summed E-state index contributed by atoms with van der Waals surface area (Å²) in [7, 11) is 0. The molecule has 0 N–H and O–H groups in total. The van der Waals surface area contributed by atoms with Crippen molar-refractivity contribution in [3.63, 3.8) is 0 Å². The van der Waals surface area contributed by atoms with Gasteiger partial charge in [-0.2, -0.15) is 0 Å². The molecule has 4 heteroatoms. The maximum absolute atomic E-state index is 13.1. The number of carbonyl (C=O) groups is 3. The van der Waals surface area contributed by atoms with Crippen LogP contribution in [0.25, 0.3) is 0 Å². The summed E-state index contributed by atoms with van der Waals surface area (Å²) in [6, 6.07) is 0. The van der Waals surface area contributed by atoms with E-state index in [0.29, 0.717) is 37.0 Å². The minimum Gasteiger partial charge on any atom is -0.450 e. The first-order valence-electron chi connectivity index (χ1n) is 12.6. The number of hydrogen-bond donors (Lipinski definition) is 0. The molecule has 0 aromatic rings. The molecule has 0 unspecified atom stereocenters. The van der Waals surface area contributed by atoms with Crippen molar-refractivity contribution in [1.82, 2.24) is 0 Å². The third-order valence-corrected chi connectivity index (χ3v) is 9.92. The minimum atomic E-state index is -0.953. The maximum atomic E-state index is 13.1. The Morgan fingerprint density at radius 2 is 1.77 bits per heavy atom. The number of hydrogen-bond acceptors (Lipinski definition) is 4. The summed E-state index contributed by atoms with van der Waals surface area (Å²) in [6.07, 6.45) is 12.6. The average molecular weight is 429 g/mol. The van der Waals surface area contributed by atoms with E-state index in [9.17, 15) is 14.4 Å². The molecule has 4 aliphatic rings. The summed E-state index contributed by atoms with van der Waals surface area (Å²) in [4.78, 5) is 37.8. The van der Waals surface area contributed by atoms with Crippen molar-refractivity contribution < 1.29 is 19.1 Å². The number of fused-ring (bicyclic) bond motifs is 5. The van der Waals surface area contributed by atoms with Crippen molar-refractivity contribution in [3.05, 3.63) is 11.6 Å². The third kappa shape index (κ3) is 3.43. The molecule has 0 saturated heterocycles. The maximum Gasteiger partial charge on any atom is 0.306 e. The normalized spacial score (nSPS) is 41.6. The molecule has 0 bridgehead atoms. The van der Waals surface area contributed by atoms with Gasteiger partial charge in [-0.05, 0) is 87.5 Å². The highest BCUT2D eigenvalue weighted by Crippen LogP contribution is 2.68. The Hall–Kier alpha value is -1.45. The molecule has 0 aliphatic heterocycles. The summed E-state index contributed by atoms with van der Waals surface area (Å²) < 4.78 is 6.16. The fourth-order valence-electron chi connectivity index (χ4n) is 8.14. The second-order valence-electron chi connectivity index (χ2n) is 11.3. The van der Waals surface area contributed by atoms with E-state index in [4.69, 9.17) is 4.74 Å². The number of allylic oxidation sites excluding steroid dienone is 1. The smallest absolute Gasteiger partial charge is 0.306 e. The van der Waals surface area contributed by atoms with Gasteiger partial charge in [0.05, 0.1) is 0 Å². The molecular weight excluding hydrogens is 388 g/mol. The second-order valence-corrected chi connectivity index (χ2v) is 11.3. The van der Waals surface area contributed by atoms with Gasteiger partial charge in [-0.3, -0.25) is 14.4 Å². The quantitative estimate of drug-likeness (QED) is 0.386. The lowest BCUT2D eigenvalue weighted by Gasteiger charge is -2.59. The summed E-state index contributed by atoms with van der Waals surface area (Å²) in [5, 5.41) is 0. The number of Topliss-reactive ketones (excluding diaryl/α,β-unsaturated/α-hetero) is 1. The van der Waals surface area contributed by atoms with Crippen LogP contribution in [0.2, 0.25) is 0 Å². The monoisotopic (exact) mass is 428 g/mol. The zero-order valence-corrected chi connectivity index (χ0v) is 19.9. The first kappa shape index (κ1) is 22.7. The number of carbonyl (C=O) groups excluding carboxylic acids is 3. The molecule has 4 nitrogen and oxygen atoms in total. The zero-order valence-electron chi connectivity index (χ0n) is 19.9. The van der Waals surface area contributed by atoms with Crippen LogP contribution in [-0.4, -0.2) is 23.1 Å². The van der Waals surface area contributed by atoms with Crippen LogP contribution in [0.3, 0.4) is 0 Å². The highest BCUT2D eigenvalue weighted by Gasteiger charge is 2.67. The van der Waals surface area contributed by atoms with Gasteiger partial charge in [0.15, 0.2) is 17.2 Å². The average Bonchev–Trinajstić information content (AvgIpc) is 3.02. The predicted octanol–water partition coefficient (Wildman–Crippen LogP) is 5.97. The van der Waals surface area contributed by atoms with Crippen molar-refractivity contribution in [2.24, 2.45) is 28.6 Å². The van der Waals surface area contributed by atoms with E-state index in [0.717, 1.165) is 57.8 Å². The van der Waals surface area contributed by atoms with Crippen LogP contribution in [0.5, 0.6) is 0 Å². The van der Waals surface area contributed by atoms with Crippen molar-refractivity contribution in [2.75, 3.05) is 0 Å². The Labute approximate surface area is 187 Å². The van der Waals surface area contributed by atoms with E-state index in [1.165, 1.54) is 5.57 Å². The molecule has 6 atom stereocenters. The largest absolute Gasteiger partial charge is 0.450 e. The van der Waals surface area contributed by atoms with Crippen LogP contribution in [0.15, 0.2) is 11.6 Å². The fraction of sp³-hybridized carbons (Fsp3) is 0.815. The molecule has 0 radical (unpaired) electrons. The standard InChI is InChI=1S/C27H40O4/c1-5-6-7-8-24(30)31-27(18(2)28)16-13-23-21-10-9-19-17-20(29)11-14-25(19,3)22(21)12-15-26(23,27)4/h17,21-23H,5-16H2,1-4H3/t21-,22+,23+,25-,26-,27-/m0/s1. The van der Waals surface area contributed by atoms with Gasteiger partial charge in [-0.15, -0.1) is 0 Å². The second kappa shape index (κ2) is 8.15. The fourth-order valence-corrected chi connectivity index (χ4v) is 8.14. The highest BCUT2D eigenvalue weighted by molar-refractivity contribution is 5.91. The van der Waals surface area contributed by atoms with Gasteiger partial charge in [-0.25, -0.2) is 0 Å². The number of esters is 1. The molecular formula is C27H40O4. The predicted molar refractivity (Wildman–Crippen MR) is 120 cm³/mol. The highest BCUT2D eigenvalue weighted by atomic mass is 16.6. The minimum absolute atomic E-state index is 0.0330. The van der Waals surface area contributed by atoms with Gasteiger partial charge in [0.1, 0.15) is 0 Å². The molecule has 0 spiro atoms.